The molecule has 5 aromatic rings. The average molecular weight is 875 g/mol. The number of ether oxygens (including phenoxy) is 1. The molecule has 1 aromatic carbocycles. The summed E-state index contributed by atoms with van der Waals surface area (Å²) in [5.74, 6) is -3.73. The number of piperidine rings is 1. The highest BCUT2D eigenvalue weighted by Crippen LogP contribution is 2.51. The van der Waals surface area contributed by atoms with Gasteiger partial charge in [-0.05, 0) is 67.5 Å². The molecule has 1 spiro atoms. The zero-order valence-corrected chi connectivity index (χ0v) is 35.7. The number of hydrogen-bond donors (Lipinski definition) is 3. The Hall–Kier alpha value is -6.60. The summed E-state index contributed by atoms with van der Waals surface area (Å²) in [6.45, 7) is 2.81. The van der Waals surface area contributed by atoms with Crippen LogP contribution in [0, 0.1) is 12.3 Å². The van der Waals surface area contributed by atoms with E-state index in [0.717, 1.165) is 57.9 Å². The lowest BCUT2D eigenvalue weighted by atomic mass is 9.69. The number of alkyl halides is 2. The number of nitrogens with zero attached hydrogens (tertiary/aromatic N) is 9. The molecular weight excluding hydrogens is 827 g/mol. The number of imidazole rings is 1. The fraction of sp³-hybridized carbons (Fsp3) is 0.422. The molecule has 64 heavy (non-hydrogen) atoms. The number of halogens is 2. The molecule has 4 aromatic heterocycles. The summed E-state index contributed by atoms with van der Waals surface area (Å²) in [4.78, 5) is 71.3. The number of imide groups is 1. The van der Waals surface area contributed by atoms with Crippen molar-refractivity contribution in [2.24, 2.45) is 5.41 Å². The van der Waals surface area contributed by atoms with Gasteiger partial charge in [-0.25, -0.2) is 23.1 Å². The van der Waals surface area contributed by atoms with E-state index in [4.69, 9.17) is 14.8 Å². The van der Waals surface area contributed by atoms with Crippen molar-refractivity contribution < 1.29 is 32.7 Å². The van der Waals surface area contributed by atoms with Gasteiger partial charge in [0.25, 0.3) is 17.7 Å². The van der Waals surface area contributed by atoms with Crippen molar-refractivity contribution in [3.8, 4) is 11.3 Å². The Kier molecular flexibility index (Phi) is 10.3. The monoisotopic (exact) mass is 874 g/mol. The van der Waals surface area contributed by atoms with Crippen LogP contribution in [0.3, 0.4) is 0 Å². The van der Waals surface area contributed by atoms with Gasteiger partial charge in [0.15, 0.2) is 17.2 Å². The molecule has 5 aliphatic rings. The van der Waals surface area contributed by atoms with E-state index in [0.29, 0.717) is 41.5 Å². The SMILES string of the molecule is CNc1cc(N2CCc3c(-c4ccc(CN5CC6(CCN(C(=O)c7cc(N8CCC(=O)NC8=O)c(C)cn7)CC6(F)F)C5)cn4)cccc32)nn2c(C(=O)N[C@@H]3CC[C@H]3OC)cnc12. The molecule has 0 bridgehead atoms. The quantitative estimate of drug-likeness (QED) is 0.178. The molecule has 3 saturated heterocycles. The van der Waals surface area contributed by atoms with Crippen LogP contribution >= 0.6 is 0 Å². The van der Waals surface area contributed by atoms with Crippen LogP contribution in [0.1, 0.15) is 63.4 Å². The second-order valence-corrected chi connectivity index (χ2v) is 17.5. The molecule has 2 atom stereocenters. The largest absolute Gasteiger partial charge is 0.385 e. The molecule has 4 aliphatic heterocycles. The molecule has 3 N–H and O–H groups in total. The molecular formula is C45H48F2N12O5. The number of aromatic nitrogens is 5. The molecule has 8 heterocycles. The first-order valence-corrected chi connectivity index (χ1v) is 21.6. The Morgan fingerprint density at radius 2 is 1.77 bits per heavy atom. The molecule has 17 nitrogen and oxygen atoms in total. The van der Waals surface area contributed by atoms with E-state index in [1.807, 2.05) is 36.2 Å². The number of rotatable bonds is 10. The van der Waals surface area contributed by atoms with E-state index in [1.165, 1.54) is 17.2 Å². The predicted molar refractivity (Wildman–Crippen MR) is 232 cm³/mol. The minimum absolute atomic E-state index is 0.00387. The summed E-state index contributed by atoms with van der Waals surface area (Å²) in [5, 5.41) is 13.5. The average Bonchev–Trinajstić information content (AvgIpc) is 3.90. The van der Waals surface area contributed by atoms with Crippen molar-refractivity contribution in [1.82, 2.24) is 45.0 Å². The maximum Gasteiger partial charge on any atom is 0.328 e. The lowest BCUT2D eigenvalue weighted by molar-refractivity contribution is -0.220. The molecule has 10 rings (SSSR count). The minimum Gasteiger partial charge on any atom is -0.385 e. The standard InChI is InChI=1S/C45H48F2N12O5/c1-26-19-49-33(17-35(26)58-15-12-39(60)53-43(58)63)42(62)56-16-13-44(45(46,47)25-56)23-55(24-44)22-27-7-8-30(50-20-27)28-5-4-6-34-29(28)11-14-57(34)38-18-32(48-2)40-51-21-36(59(40)54-38)41(61)52-31-9-10-37(31)64-3/h4-8,17-21,31,37,48H,9-16,22-25H2,1-3H3,(H,52,61)(H,53,60,63)/t31-,37-/m1/s1. The number of aryl methyl sites for hydroxylation is 1. The first kappa shape index (κ1) is 41.4. The van der Waals surface area contributed by atoms with Crippen molar-refractivity contribution >= 4 is 52.3 Å². The number of carbonyl (C=O) groups is 4. The van der Waals surface area contributed by atoms with Gasteiger partial charge < -0.3 is 25.2 Å². The first-order chi connectivity index (χ1) is 30.8. The van der Waals surface area contributed by atoms with E-state index in [9.17, 15) is 19.2 Å². The molecule has 1 saturated carbocycles. The van der Waals surface area contributed by atoms with Crippen LogP contribution in [-0.4, -0.2) is 130 Å². The van der Waals surface area contributed by atoms with Crippen molar-refractivity contribution in [1.29, 1.82) is 0 Å². The predicted octanol–water partition coefficient (Wildman–Crippen LogP) is 4.57. The number of likely N-dealkylation sites (tertiary alicyclic amines) is 2. The zero-order chi connectivity index (χ0) is 44.5. The van der Waals surface area contributed by atoms with Crippen LogP contribution in [0.2, 0.25) is 0 Å². The third-order valence-electron chi connectivity index (χ3n) is 13.6. The minimum atomic E-state index is -3.13. The highest BCUT2D eigenvalue weighted by atomic mass is 19.3. The topological polar surface area (TPSA) is 183 Å². The van der Waals surface area contributed by atoms with Crippen LogP contribution in [0.15, 0.2) is 61.1 Å². The van der Waals surface area contributed by atoms with Crippen molar-refractivity contribution in [3.05, 3.63) is 89.1 Å². The van der Waals surface area contributed by atoms with Gasteiger partial charge in [-0.1, -0.05) is 18.2 Å². The number of benzene rings is 1. The van der Waals surface area contributed by atoms with Crippen LogP contribution in [0.25, 0.3) is 16.9 Å². The van der Waals surface area contributed by atoms with Gasteiger partial charge in [0.1, 0.15) is 5.69 Å². The van der Waals surface area contributed by atoms with E-state index in [-0.39, 0.29) is 68.7 Å². The number of pyridine rings is 2. The second kappa shape index (κ2) is 15.9. The highest BCUT2D eigenvalue weighted by Gasteiger charge is 2.63. The number of carbonyl (C=O) groups excluding carboxylic acids is 4. The molecule has 1 aliphatic carbocycles. The van der Waals surface area contributed by atoms with Crippen molar-refractivity contribution in [3.63, 3.8) is 0 Å². The lowest BCUT2D eigenvalue weighted by Gasteiger charge is -2.57. The van der Waals surface area contributed by atoms with Crippen LogP contribution in [-0.2, 0) is 22.5 Å². The number of hydrogen-bond acceptors (Lipinski definition) is 12. The lowest BCUT2D eigenvalue weighted by Crippen LogP contribution is -2.70. The van der Waals surface area contributed by atoms with E-state index >= 15 is 8.78 Å². The van der Waals surface area contributed by atoms with Crippen LogP contribution < -0.4 is 25.8 Å². The Labute approximate surface area is 367 Å². The molecule has 0 radical (unpaired) electrons. The van der Waals surface area contributed by atoms with E-state index in [1.54, 1.807) is 30.9 Å². The maximum atomic E-state index is 16.0. The summed E-state index contributed by atoms with van der Waals surface area (Å²) in [6.07, 6.45) is 7.54. The second-order valence-electron chi connectivity index (χ2n) is 17.5. The molecule has 5 amide bonds. The van der Waals surface area contributed by atoms with Gasteiger partial charge in [-0.3, -0.25) is 39.5 Å². The summed E-state index contributed by atoms with van der Waals surface area (Å²) in [6, 6.07) is 12.8. The Bertz CT molecular complexity index is 2700. The molecule has 0 unspecified atom stereocenters. The zero-order valence-electron chi connectivity index (χ0n) is 35.7. The molecule has 19 heteroatoms. The summed E-state index contributed by atoms with van der Waals surface area (Å²) >= 11 is 0. The Balaban J connectivity index is 0.788. The number of methoxy groups -OCH3 is 1. The Morgan fingerprint density at radius 1 is 0.938 bits per heavy atom. The number of urea groups is 1. The third-order valence-corrected chi connectivity index (χ3v) is 13.6. The summed E-state index contributed by atoms with van der Waals surface area (Å²) in [5.41, 5.74) is 6.17. The highest BCUT2D eigenvalue weighted by molar-refractivity contribution is 6.06. The Morgan fingerprint density at radius 3 is 2.48 bits per heavy atom. The maximum absolute atomic E-state index is 16.0. The summed E-state index contributed by atoms with van der Waals surface area (Å²) < 4.78 is 39.0. The number of amides is 5. The number of fused-ring (bicyclic) bond motifs is 2. The molecule has 4 fully saturated rings. The first-order valence-electron chi connectivity index (χ1n) is 21.6. The molecule has 332 valence electrons. The number of anilines is 4. The fourth-order valence-electron chi connectivity index (χ4n) is 9.81. The van der Waals surface area contributed by atoms with Gasteiger partial charge >= 0.3 is 6.03 Å². The van der Waals surface area contributed by atoms with Crippen molar-refractivity contribution in [2.75, 3.05) is 68.5 Å². The number of nitrogens with one attached hydrogen (secondary N) is 3. The van der Waals surface area contributed by atoms with Gasteiger partial charge in [-0.2, -0.15) is 0 Å². The van der Waals surface area contributed by atoms with Gasteiger partial charge in [0.05, 0.1) is 47.4 Å². The van der Waals surface area contributed by atoms with Gasteiger partial charge in [0.2, 0.25) is 5.91 Å². The van der Waals surface area contributed by atoms with Crippen molar-refractivity contribution in [2.45, 2.75) is 63.6 Å². The van der Waals surface area contributed by atoms with Crippen LogP contribution in [0.5, 0.6) is 0 Å². The van der Waals surface area contributed by atoms with E-state index in [2.05, 4.69) is 43.0 Å². The van der Waals surface area contributed by atoms with E-state index < -0.39 is 29.8 Å². The third kappa shape index (κ3) is 7.06. The van der Waals surface area contributed by atoms with Crippen LogP contribution in [0.4, 0.5) is 36.5 Å². The smallest absolute Gasteiger partial charge is 0.328 e. The normalized spacial score (nSPS) is 21.4. The van der Waals surface area contributed by atoms with Gasteiger partial charge in [-0.15, -0.1) is 5.10 Å². The summed E-state index contributed by atoms with van der Waals surface area (Å²) in [7, 11) is 3.47. The van der Waals surface area contributed by atoms with Gasteiger partial charge in [0, 0.05) is 89.6 Å². The fourth-order valence-corrected chi connectivity index (χ4v) is 9.81.